The number of nitrogens with two attached hydrogens (primary N) is 1. The predicted octanol–water partition coefficient (Wildman–Crippen LogP) is 4.18. The van der Waals surface area contributed by atoms with Crippen LogP contribution in [0.2, 0.25) is 5.02 Å². The van der Waals surface area contributed by atoms with Crippen LogP contribution in [0.4, 0.5) is 5.82 Å². The zero-order valence-electron chi connectivity index (χ0n) is 12.8. The summed E-state index contributed by atoms with van der Waals surface area (Å²) >= 11 is 6.28. The molecule has 2 aromatic rings. The first-order valence-electron chi connectivity index (χ1n) is 7.92. The lowest BCUT2D eigenvalue weighted by molar-refractivity contribution is 0.1000. The van der Waals surface area contributed by atoms with Gasteiger partial charge in [0, 0.05) is 6.20 Å². The van der Waals surface area contributed by atoms with E-state index in [1.807, 2.05) is 18.2 Å². The Bertz CT molecular complexity index is 684. The van der Waals surface area contributed by atoms with Crippen LogP contribution in [0.1, 0.15) is 47.6 Å². The molecule has 0 saturated heterocycles. The summed E-state index contributed by atoms with van der Waals surface area (Å²) < 4.78 is 0. The average molecular weight is 330 g/mol. The van der Waals surface area contributed by atoms with Crippen LogP contribution in [-0.2, 0) is 0 Å². The lowest BCUT2D eigenvalue weighted by Gasteiger charge is -2.26. The number of aromatic nitrogens is 1. The highest BCUT2D eigenvalue weighted by atomic mass is 35.5. The van der Waals surface area contributed by atoms with Gasteiger partial charge in [-0.15, -0.1) is 0 Å². The number of benzene rings is 1. The number of nitrogens with zero attached hydrogens (tertiary/aromatic N) is 1. The lowest BCUT2D eigenvalue weighted by Crippen LogP contribution is -2.20. The smallest absolute Gasteiger partial charge is 0.250 e. The predicted molar refractivity (Wildman–Crippen MR) is 92.5 cm³/mol. The molecule has 1 aliphatic rings. The van der Waals surface area contributed by atoms with Crippen LogP contribution < -0.4 is 11.1 Å². The Morgan fingerprint density at radius 1 is 1.26 bits per heavy atom. The number of anilines is 1. The molecule has 0 bridgehead atoms. The van der Waals surface area contributed by atoms with E-state index < -0.39 is 5.91 Å². The van der Waals surface area contributed by atoms with E-state index in [0.29, 0.717) is 22.3 Å². The molecule has 0 radical (unpaired) electrons. The topological polar surface area (TPSA) is 68.0 Å². The molecule has 5 heteroatoms. The minimum absolute atomic E-state index is 0.170. The number of amides is 1. The SMILES string of the molecule is NC(=O)c1cnc(NC(c2ccccc2)C2CCCC2)c(Cl)c1. The molecule has 0 spiro atoms. The number of halogens is 1. The number of rotatable bonds is 5. The van der Waals surface area contributed by atoms with Gasteiger partial charge in [0.15, 0.2) is 0 Å². The summed E-state index contributed by atoms with van der Waals surface area (Å²) in [6.07, 6.45) is 6.38. The van der Waals surface area contributed by atoms with Crippen molar-refractivity contribution in [2.24, 2.45) is 11.7 Å². The van der Waals surface area contributed by atoms with Crippen LogP contribution in [-0.4, -0.2) is 10.9 Å². The molecule has 120 valence electrons. The van der Waals surface area contributed by atoms with Crippen molar-refractivity contribution in [3.8, 4) is 0 Å². The zero-order chi connectivity index (χ0) is 16.2. The summed E-state index contributed by atoms with van der Waals surface area (Å²) in [4.78, 5) is 15.5. The van der Waals surface area contributed by atoms with Crippen molar-refractivity contribution in [2.45, 2.75) is 31.7 Å². The fraction of sp³-hybridized carbons (Fsp3) is 0.333. The Morgan fingerprint density at radius 2 is 1.96 bits per heavy atom. The number of hydrogen-bond donors (Lipinski definition) is 2. The van der Waals surface area contributed by atoms with Crippen LogP contribution in [0.5, 0.6) is 0 Å². The van der Waals surface area contributed by atoms with Crippen molar-refractivity contribution in [3.05, 3.63) is 58.7 Å². The summed E-state index contributed by atoms with van der Waals surface area (Å²) in [6.45, 7) is 0. The quantitative estimate of drug-likeness (QED) is 0.864. The maximum absolute atomic E-state index is 11.2. The molecule has 1 saturated carbocycles. The number of primary amides is 1. The monoisotopic (exact) mass is 329 g/mol. The molecule has 1 atom stereocenters. The molecular formula is C18H20ClN3O. The molecule has 1 fully saturated rings. The van der Waals surface area contributed by atoms with E-state index in [9.17, 15) is 4.79 Å². The number of pyridine rings is 1. The van der Waals surface area contributed by atoms with Gasteiger partial charge >= 0.3 is 0 Å². The van der Waals surface area contributed by atoms with Crippen LogP contribution in [0.3, 0.4) is 0 Å². The Labute approximate surface area is 141 Å². The van der Waals surface area contributed by atoms with Crippen molar-refractivity contribution >= 4 is 23.3 Å². The highest BCUT2D eigenvalue weighted by molar-refractivity contribution is 6.33. The molecule has 23 heavy (non-hydrogen) atoms. The van der Waals surface area contributed by atoms with Crippen LogP contribution in [0.15, 0.2) is 42.6 Å². The number of carbonyl (C=O) groups is 1. The molecule has 1 amide bonds. The highest BCUT2D eigenvalue weighted by Gasteiger charge is 2.27. The van der Waals surface area contributed by atoms with E-state index in [1.54, 1.807) is 6.07 Å². The zero-order valence-corrected chi connectivity index (χ0v) is 13.6. The molecule has 1 heterocycles. The van der Waals surface area contributed by atoms with Crippen molar-refractivity contribution in [1.29, 1.82) is 0 Å². The van der Waals surface area contributed by atoms with Crippen molar-refractivity contribution in [3.63, 3.8) is 0 Å². The van der Waals surface area contributed by atoms with Gasteiger partial charge in [0.25, 0.3) is 0 Å². The molecule has 1 aromatic heterocycles. The van der Waals surface area contributed by atoms with Crippen LogP contribution in [0.25, 0.3) is 0 Å². The summed E-state index contributed by atoms with van der Waals surface area (Å²) in [7, 11) is 0. The second kappa shape index (κ2) is 7.01. The van der Waals surface area contributed by atoms with Gasteiger partial charge in [0.2, 0.25) is 5.91 Å². The standard InChI is InChI=1S/C18H20ClN3O/c19-15-10-14(17(20)23)11-21-18(15)22-16(13-8-4-5-9-13)12-6-2-1-3-7-12/h1-3,6-7,10-11,13,16H,4-5,8-9H2,(H2,20,23)(H,21,22). The van der Waals surface area contributed by atoms with Gasteiger partial charge in [-0.25, -0.2) is 4.98 Å². The summed E-state index contributed by atoms with van der Waals surface area (Å²) in [5, 5.41) is 3.89. The first kappa shape index (κ1) is 15.8. The van der Waals surface area contributed by atoms with E-state index in [2.05, 4.69) is 22.4 Å². The third kappa shape index (κ3) is 3.64. The fourth-order valence-corrected chi connectivity index (χ4v) is 3.47. The second-order valence-electron chi connectivity index (χ2n) is 6.00. The molecular weight excluding hydrogens is 310 g/mol. The molecule has 4 nitrogen and oxygen atoms in total. The fourth-order valence-electron chi connectivity index (χ4n) is 3.25. The highest BCUT2D eigenvalue weighted by Crippen LogP contribution is 2.38. The van der Waals surface area contributed by atoms with Gasteiger partial charge in [-0.05, 0) is 30.4 Å². The van der Waals surface area contributed by atoms with Crippen LogP contribution >= 0.6 is 11.6 Å². The lowest BCUT2D eigenvalue weighted by atomic mass is 9.91. The summed E-state index contributed by atoms with van der Waals surface area (Å²) in [6, 6.07) is 12.1. The average Bonchev–Trinajstić information content (AvgIpc) is 3.08. The van der Waals surface area contributed by atoms with Crippen molar-refractivity contribution in [1.82, 2.24) is 4.98 Å². The molecule has 1 aromatic carbocycles. The number of nitrogens with one attached hydrogen (secondary N) is 1. The van der Waals surface area contributed by atoms with E-state index >= 15 is 0 Å². The van der Waals surface area contributed by atoms with Gasteiger partial charge in [-0.3, -0.25) is 4.79 Å². The van der Waals surface area contributed by atoms with Gasteiger partial charge in [-0.2, -0.15) is 0 Å². The molecule has 1 unspecified atom stereocenters. The van der Waals surface area contributed by atoms with E-state index in [0.717, 1.165) is 0 Å². The molecule has 3 N–H and O–H groups in total. The van der Waals surface area contributed by atoms with Gasteiger partial charge < -0.3 is 11.1 Å². The van der Waals surface area contributed by atoms with E-state index in [4.69, 9.17) is 17.3 Å². The number of hydrogen-bond acceptors (Lipinski definition) is 3. The molecule has 1 aliphatic carbocycles. The van der Waals surface area contributed by atoms with Crippen molar-refractivity contribution < 1.29 is 4.79 Å². The normalized spacial score (nSPS) is 16.2. The van der Waals surface area contributed by atoms with Gasteiger partial charge in [0.1, 0.15) is 5.82 Å². The Kier molecular flexibility index (Phi) is 4.82. The molecule has 3 rings (SSSR count). The van der Waals surface area contributed by atoms with Crippen molar-refractivity contribution in [2.75, 3.05) is 5.32 Å². The summed E-state index contributed by atoms with van der Waals surface area (Å²) in [5.41, 5.74) is 6.82. The second-order valence-corrected chi connectivity index (χ2v) is 6.40. The van der Waals surface area contributed by atoms with Crippen LogP contribution in [0, 0.1) is 5.92 Å². The Balaban J connectivity index is 1.88. The third-order valence-electron chi connectivity index (χ3n) is 4.45. The van der Waals surface area contributed by atoms with Gasteiger partial charge in [-0.1, -0.05) is 54.8 Å². The first-order chi connectivity index (χ1) is 11.1. The first-order valence-corrected chi connectivity index (χ1v) is 8.30. The maximum atomic E-state index is 11.2. The maximum Gasteiger partial charge on any atom is 0.250 e. The minimum atomic E-state index is -0.527. The van der Waals surface area contributed by atoms with Gasteiger partial charge in [0.05, 0.1) is 16.6 Å². The van der Waals surface area contributed by atoms with E-state index in [1.165, 1.54) is 37.4 Å². The third-order valence-corrected chi connectivity index (χ3v) is 4.74. The number of carbonyl (C=O) groups excluding carboxylic acids is 1. The summed E-state index contributed by atoms with van der Waals surface area (Å²) in [5.74, 6) is 0.629. The Hall–Kier alpha value is -2.07. The minimum Gasteiger partial charge on any atom is -0.366 e. The van der Waals surface area contributed by atoms with E-state index in [-0.39, 0.29) is 6.04 Å². The molecule has 0 aliphatic heterocycles. The Morgan fingerprint density at radius 3 is 2.57 bits per heavy atom. The largest absolute Gasteiger partial charge is 0.366 e.